The Morgan fingerprint density at radius 1 is 1.33 bits per heavy atom. The molecule has 2 rings (SSSR count). The second-order valence-electron chi connectivity index (χ2n) is 4.73. The molecule has 0 heterocycles. The van der Waals surface area contributed by atoms with E-state index in [0.717, 1.165) is 5.56 Å². The van der Waals surface area contributed by atoms with Gasteiger partial charge in [0.05, 0.1) is 12.0 Å². The lowest BCUT2D eigenvalue weighted by Gasteiger charge is -2.23. The predicted octanol–water partition coefficient (Wildman–Crippen LogP) is 0.685. The Hall–Kier alpha value is -1.68. The largest absolute Gasteiger partial charge is 0.391 e. The summed E-state index contributed by atoms with van der Waals surface area (Å²) in [5.74, 6) is -0.164. The van der Waals surface area contributed by atoms with Crippen molar-refractivity contribution in [2.45, 2.75) is 25.4 Å². The number of rotatable bonds is 5. The van der Waals surface area contributed by atoms with Gasteiger partial charge in [-0.15, -0.1) is 0 Å². The minimum Gasteiger partial charge on any atom is -0.391 e. The maximum atomic E-state index is 11.6. The molecule has 4 nitrogen and oxygen atoms in total. The third kappa shape index (κ3) is 3.40. The highest BCUT2D eigenvalue weighted by Gasteiger charge is 2.32. The topological polar surface area (TPSA) is 66.4 Å². The van der Waals surface area contributed by atoms with E-state index in [-0.39, 0.29) is 24.2 Å². The highest BCUT2D eigenvalue weighted by molar-refractivity contribution is 5.96. The van der Waals surface area contributed by atoms with Crippen molar-refractivity contribution in [1.29, 1.82) is 0 Å². The monoisotopic (exact) mass is 247 g/mol. The van der Waals surface area contributed by atoms with Crippen LogP contribution in [0.1, 0.15) is 18.4 Å². The lowest BCUT2D eigenvalue weighted by atomic mass is 9.83. The maximum Gasteiger partial charge on any atom is 0.224 e. The van der Waals surface area contributed by atoms with Crippen LogP contribution in [0, 0.1) is 5.92 Å². The molecule has 0 aliphatic heterocycles. The quantitative estimate of drug-likeness (QED) is 0.804. The highest BCUT2D eigenvalue weighted by Crippen LogP contribution is 2.22. The van der Waals surface area contributed by atoms with E-state index in [2.05, 4.69) is 5.32 Å². The smallest absolute Gasteiger partial charge is 0.224 e. The number of hydrogen-bond acceptors (Lipinski definition) is 3. The van der Waals surface area contributed by atoms with Gasteiger partial charge in [-0.1, -0.05) is 30.3 Å². The average Bonchev–Trinajstić information content (AvgIpc) is 2.33. The summed E-state index contributed by atoms with van der Waals surface area (Å²) in [5.41, 5.74) is 1.04. The number of carbonyl (C=O) groups is 2. The minimum absolute atomic E-state index is 0.123. The van der Waals surface area contributed by atoms with Crippen LogP contribution in [0.25, 0.3) is 0 Å². The van der Waals surface area contributed by atoms with Gasteiger partial charge in [0.1, 0.15) is 5.78 Å². The Morgan fingerprint density at radius 3 is 2.61 bits per heavy atom. The van der Waals surface area contributed by atoms with E-state index in [1.54, 1.807) is 0 Å². The number of aliphatic hydroxyl groups excluding tert-OH is 1. The Balaban J connectivity index is 1.70. The number of carbonyl (C=O) groups excluding carboxylic acids is 2. The zero-order chi connectivity index (χ0) is 13.0. The minimum atomic E-state index is -0.591. The molecule has 0 radical (unpaired) electrons. The molecular weight excluding hydrogens is 230 g/mol. The van der Waals surface area contributed by atoms with Crippen molar-refractivity contribution >= 4 is 11.7 Å². The summed E-state index contributed by atoms with van der Waals surface area (Å²) in [7, 11) is 0. The SMILES string of the molecule is O=C1CC(C(=O)NCC(O)Cc2ccccc2)C1. The van der Waals surface area contributed by atoms with Crippen LogP contribution in [-0.4, -0.2) is 29.4 Å². The average molecular weight is 247 g/mol. The van der Waals surface area contributed by atoms with E-state index in [9.17, 15) is 14.7 Å². The van der Waals surface area contributed by atoms with Crippen LogP contribution < -0.4 is 5.32 Å². The van der Waals surface area contributed by atoms with Crippen molar-refractivity contribution in [2.75, 3.05) is 6.54 Å². The van der Waals surface area contributed by atoms with Gasteiger partial charge in [0, 0.05) is 25.8 Å². The van der Waals surface area contributed by atoms with Crippen LogP contribution in [0.5, 0.6) is 0 Å². The van der Waals surface area contributed by atoms with Crippen LogP contribution in [0.2, 0.25) is 0 Å². The lowest BCUT2D eigenvalue weighted by Crippen LogP contribution is -2.42. The molecule has 1 atom stereocenters. The molecule has 96 valence electrons. The summed E-state index contributed by atoms with van der Waals surface area (Å²) in [4.78, 5) is 22.3. The number of benzene rings is 1. The number of Topliss-reactive ketones (excluding diaryl/α,β-unsaturated/α-hetero) is 1. The van der Waals surface area contributed by atoms with Gasteiger partial charge in [-0.05, 0) is 5.56 Å². The summed E-state index contributed by atoms with van der Waals surface area (Å²) < 4.78 is 0. The first-order chi connectivity index (χ1) is 8.65. The lowest BCUT2D eigenvalue weighted by molar-refractivity contribution is -0.138. The Labute approximate surface area is 106 Å². The number of hydrogen-bond donors (Lipinski definition) is 2. The summed E-state index contributed by atoms with van der Waals surface area (Å²) in [6.07, 6.45) is 0.624. The Kier molecular flexibility index (Phi) is 4.10. The highest BCUT2D eigenvalue weighted by atomic mass is 16.3. The molecule has 4 heteroatoms. The molecule has 1 fully saturated rings. The van der Waals surface area contributed by atoms with Crippen molar-refractivity contribution in [3.05, 3.63) is 35.9 Å². The van der Waals surface area contributed by atoms with Crippen molar-refractivity contribution < 1.29 is 14.7 Å². The number of aliphatic hydroxyl groups is 1. The van der Waals surface area contributed by atoms with Gasteiger partial charge in [0.15, 0.2) is 0 Å². The normalized spacial score (nSPS) is 17.1. The zero-order valence-corrected chi connectivity index (χ0v) is 10.1. The van der Waals surface area contributed by atoms with Gasteiger partial charge in [-0.2, -0.15) is 0 Å². The van der Waals surface area contributed by atoms with Crippen LogP contribution in [0.4, 0.5) is 0 Å². The van der Waals surface area contributed by atoms with Gasteiger partial charge in [-0.25, -0.2) is 0 Å². The van der Waals surface area contributed by atoms with Gasteiger partial charge in [0.2, 0.25) is 5.91 Å². The zero-order valence-electron chi connectivity index (χ0n) is 10.1. The molecule has 1 unspecified atom stereocenters. The van der Waals surface area contributed by atoms with Crippen LogP contribution in [-0.2, 0) is 16.0 Å². The fourth-order valence-corrected chi connectivity index (χ4v) is 2.00. The number of amides is 1. The summed E-state index contributed by atoms with van der Waals surface area (Å²) in [6, 6.07) is 9.64. The molecule has 2 N–H and O–H groups in total. The molecule has 1 aromatic rings. The second kappa shape index (κ2) is 5.78. The third-order valence-corrected chi connectivity index (χ3v) is 3.15. The number of ketones is 1. The van der Waals surface area contributed by atoms with Crippen LogP contribution in [0.3, 0.4) is 0 Å². The molecular formula is C14H17NO3. The molecule has 1 amide bonds. The first-order valence-electron chi connectivity index (χ1n) is 6.16. The molecule has 0 saturated heterocycles. The molecule has 1 aliphatic carbocycles. The van der Waals surface area contributed by atoms with E-state index in [0.29, 0.717) is 19.3 Å². The molecule has 0 spiro atoms. The molecule has 1 aliphatic rings. The van der Waals surface area contributed by atoms with E-state index in [1.807, 2.05) is 30.3 Å². The molecule has 0 aromatic heterocycles. The fourth-order valence-electron chi connectivity index (χ4n) is 2.00. The van der Waals surface area contributed by atoms with Crippen LogP contribution >= 0.6 is 0 Å². The maximum absolute atomic E-state index is 11.6. The van der Waals surface area contributed by atoms with Gasteiger partial charge < -0.3 is 10.4 Å². The standard InChI is InChI=1S/C14H17NO3/c16-12-7-11(8-12)14(18)15-9-13(17)6-10-4-2-1-3-5-10/h1-5,11,13,17H,6-9H2,(H,15,18). The first kappa shape index (κ1) is 12.8. The molecule has 1 aromatic carbocycles. The van der Waals surface area contributed by atoms with Crippen molar-refractivity contribution in [1.82, 2.24) is 5.32 Å². The molecule has 18 heavy (non-hydrogen) atoms. The molecule has 0 bridgehead atoms. The molecule has 1 saturated carbocycles. The fraction of sp³-hybridized carbons (Fsp3) is 0.429. The summed E-state index contributed by atoms with van der Waals surface area (Å²) in [6.45, 7) is 0.235. The Morgan fingerprint density at radius 2 is 2.00 bits per heavy atom. The van der Waals surface area contributed by atoms with E-state index in [4.69, 9.17) is 0 Å². The number of nitrogens with one attached hydrogen (secondary N) is 1. The van der Waals surface area contributed by atoms with Crippen molar-refractivity contribution in [3.8, 4) is 0 Å². The van der Waals surface area contributed by atoms with E-state index < -0.39 is 6.10 Å². The van der Waals surface area contributed by atoms with E-state index in [1.165, 1.54) is 0 Å². The van der Waals surface area contributed by atoms with Crippen molar-refractivity contribution in [3.63, 3.8) is 0 Å². The Bertz CT molecular complexity index is 422. The first-order valence-corrected chi connectivity index (χ1v) is 6.16. The van der Waals surface area contributed by atoms with E-state index >= 15 is 0 Å². The predicted molar refractivity (Wildman–Crippen MR) is 66.9 cm³/mol. The van der Waals surface area contributed by atoms with Gasteiger partial charge >= 0.3 is 0 Å². The van der Waals surface area contributed by atoms with Crippen molar-refractivity contribution in [2.24, 2.45) is 5.92 Å². The van der Waals surface area contributed by atoms with Crippen LogP contribution in [0.15, 0.2) is 30.3 Å². The van der Waals surface area contributed by atoms with Gasteiger partial charge in [-0.3, -0.25) is 9.59 Å². The second-order valence-corrected chi connectivity index (χ2v) is 4.73. The summed E-state index contributed by atoms with van der Waals surface area (Å²) in [5, 5.41) is 12.5. The summed E-state index contributed by atoms with van der Waals surface area (Å²) >= 11 is 0. The third-order valence-electron chi connectivity index (χ3n) is 3.15. The van der Waals surface area contributed by atoms with Gasteiger partial charge in [0.25, 0.3) is 0 Å².